The second-order valence-corrected chi connectivity index (χ2v) is 10.5. The highest BCUT2D eigenvalue weighted by Gasteiger charge is 2.37. The van der Waals surface area contributed by atoms with Crippen LogP contribution < -0.4 is 15.8 Å². The van der Waals surface area contributed by atoms with Gasteiger partial charge in [-0.3, -0.25) is 28.5 Å². The zero-order chi connectivity index (χ0) is 26.9. The van der Waals surface area contributed by atoms with Crippen LogP contribution in [0, 0.1) is 6.92 Å². The van der Waals surface area contributed by atoms with E-state index in [-0.39, 0.29) is 42.3 Å². The average Bonchev–Trinajstić information content (AvgIpc) is 3.14. The van der Waals surface area contributed by atoms with Crippen molar-refractivity contribution in [2.45, 2.75) is 52.6 Å². The van der Waals surface area contributed by atoms with E-state index in [4.69, 9.17) is 21.9 Å². The predicted octanol–water partition coefficient (Wildman–Crippen LogP) is 2.26. The fraction of sp³-hybridized carbons (Fsp3) is 0.440. The zero-order valence-electron chi connectivity index (χ0n) is 21.1. The van der Waals surface area contributed by atoms with E-state index in [9.17, 15) is 19.2 Å². The van der Waals surface area contributed by atoms with Gasteiger partial charge in [0.2, 0.25) is 5.91 Å². The maximum absolute atomic E-state index is 13.8. The molecule has 0 aromatic carbocycles. The van der Waals surface area contributed by atoms with Crippen LogP contribution in [-0.2, 0) is 19.1 Å². The first kappa shape index (κ1) is 26.8. The van der Waals surface area contributed by atoms with Crippen LogP contribution >= 0.6 is 24.0 Å². The minimum Gasteiger partial charge on any atom is -0.466 e. The van der Waals surface area contributed by atoms with E-state index in [0.717, 1.165) is 23.7 Å². The number of rotatable bonds is 7. The van der Waals surface area contributed by atoms with Crippen LogP contribution in [0.2, 0.25) is 0 Å². The number of nitrogens with one attached hydrogen (secondary N) is 1. The van der Waals surface area contributed by atoms with Gasteiger partial charge in [-0.25, -0.2) is 4.98 Å². The summed E-state index contributed by atoms with van der Waals surface area (Å²) in [4.78, 5) is 60.6. The molecule has 2 amide bonds. The summed E-state index contributed by atoms with van der Waals surface area (Å²) in [5.74, 6) is -0.930. The van der Waals surface area contributed by atoms with Crippen molar-refractivity contribution in [3.63, 3.8) is 0 Å². The van der Waals surface area contributed by atoms with E-state index in [0.29, 0.717) is 28.0 Å². The smallest absolute Gasteiger partial charge is 0.308 e. The molecule has 0 spiro atoms. The minimum atomic E-state index is -0.923. The number of thioether (sulfide) groups is 1. The third-order valence-corrected chi connectivity index (χ3v) is 7.79. The highest BCUT2D eigenvalue weighted by molar-refractivity contribution is 8.26. The number of carbonyl (C=O) groups excluding carboxylic acids is 3. The lowest BCUT2D eigenvalue weighted by Crippen LogP contribution is -2.57. The molecule has 0 saturated carbocycles. The van der Waals surface area contributed by atoms with E-state index < -0.39 is 17.6 Å². The first-order chi connectivity index (χ1) is 17.7. The van der Waals surface area contributed by atoms with Gasteiger partial charge in [0.05, 0.1) is 23.5 Å². The van der Waals surface area contributed by atoms with Gasteiger partial charge in [0.25, 0.3) is 11.5 Å². The molecule has 1 N–H and O–H groups in total. The summed E-state index contributed by atoms with van der Waals surface area (Å²) < 4.78 is 6.93. The number of hydrogen-bond acceptors (Lipinski definition) is 9. The summed E-state index contributed by atoms with van der Waals surface area (Å²) >= 11 is 6.59. The summed E-state index contributed by atoms with van der Waals surface area (Å²) in [6.45, 7) is 8.23. The lowest BCUT2D eigenvalue weighted by atomic mass is 10.1. The van der Waals surface area contributed by atoms with E-state index in [1.807, 2.05) is 26.8 Å². The quantitative estimate of drug-likeness (QED) is 0.319. The molecule has 2 aromatic heterocycles. The summed E-state index contributed by atoms with van der Waals surface area (Å²) in [5, 5.41) is 2.78. The van der Waals surface area contributed by atoms with Crippen molar-refractivity contribution >= 4 is 63.6 Å². The monoisotopic (exact) mass is 543 g/mol. The Labute approximate surface area is 224 Å². The predicted molar refractivity (Wildman–Crippen MR) is 146 cm³/mol. The van der Waals surface area contributed by atoms with Crippen molar-refractivity contribution in [1.82, 2.24) is 19.6 Å². The highest BCUT2D eigenvalue weighted by Crippen LogP contribution is 2.35. The van der Waals surface area contributed by atoms with Crippen LogP contribution in [0.15, 0.2) is 28.0 Å². The summed E-state index contributed by atoms with van der Waals surface area (Å²) in [6.07, 6.45) is 3.64. The third kappa shape index (κ3) is 5.12. The fourth-order valence-electron chi connectivity index (χ4n) is 4.37. The lowest BCUT2D eigenvalue weighted by Gasteiger charge is -2.36. The van der Waals surface area contributed by atoms with Crippen LogP contribution in [0.4, 0.5) is 5.82 Å². The zero-order valence-corrected chi connectivity index (χ0v) is 22.8. The molecule has 2 unspecified atom stereocenters. The average molecular weight is 544 g/mol. The number of nitrogens with zero attached hydrogens (tertiary/aromatic N) is 4. The van der Waals surface area contributed by atoms with Crippen molar-refractivity contribution < 1.29 is 19.1 Å². The largest absolute Gasteiger partial charge is 0.466 e. The molecule has 4 heterocycles. The number of esters is 1. The molecule has 2 atom stereocenters. The van der Waals surface area contributed by atoms with Crippen LogP contribution in [0.5, 0.6) is 0 Å². The van der Waals surface area contributed by atoms with Gasteiger partial charge < -0.3 is 15.0 Å². The molecule has 196 valence electrons. The van der Waals surface area contributed by atoms with Gasteiger partial charge in [0, 0.05) is 25.3 Å². The molecular formula is C25H29N5O5S2. The molecule has 2 aromatic rings. The van der Waals surface area contributed by atoms with Gasteiger partial charge in [0.1, 0.15) is 21.8 Å². The number of aromatic nitrogens is 2. The number of aryl methyl sites for hydroxylation is 1. The first-order valence-corrected chi connectivity index (χ1v) is 13.4. The molecule has 4 rings (SSSR count). The van der Waals surface area contributed by atoms with Crippen molar-refractivity contribution in [2.24, 2.45) is 0 Å². The Bertz CT molecular complexity index is 1370. The number of pyridine rings is 1. The first-order valence-electron chi connectivity index (χ1n) is 12.2. The molecule has 2 aliphatic heterocycles. The van der Waals surface area contributed by atoms with Gasteiger partial charge in [0.15, 0.2) is 0 Å². The van der Waals surface area contributed by atoms with Crippen LogP contribution in [-0.4, -0.2) is 68.2 Å². The Morgan fingerprint density at radius 2 is 2.11 bits per heavy atom. The maximum Gasteiger partial charge on any atom is 0.308 e. The highest BCUT2D eigenvalue weighted by atomic mass is 32.2. The normalized spacial score (nSPS) is 20.1. The minimum absolute atomic E-state index is 0.0869. The molecule has 0 aliphatic carbocycles. The van der Waals surface area contributed by atoms with Gasteiger partial charge in [-0.1, -0.05) is 37.0 Å². The Balaban J connectivity index is 1.90. The number of thiocarbonyl (C=S) groups is 1. The number of amides is 2. The van der Waals surface area contributed by atoms with E-state index >= 15 is 0 Å². The van der Waals surface area contributed by atoms with E-state index in [2.05, 4.69) is 5.32 Å². The molecule has 2 aliphatic rings. The van der Waals surface area contributed by atoms with Crippen molar-refractivity contribution in [2.75, 3.05) is 24.6 Å². The SMILES string of the molecule is CCOC(=O)CC1C(=O)NCCN1c1nc2c(C)cccn2c(=O)c1/C=C1/SC(=S)N(C(C)CC)C1=O. The summed E-state index contributed by atoms with van der Waals surface area (Å²) in [7, 11) is 0. The molecule has 0 bridgehead atoms. The lowest BCUT2D eigenvalue weighted by molar-refractivity contribution is -0.145. The van der Waals surface area contributed by atoms with Gasteiger partial charge in [-0.05, 0) is 44.9 Å². The summed E-state index contributed by atoms with van der Waals surface area (Å²) in [6, 6.07) is 2.57. The number of ether oxygens (including phenoxy) is 1. The molecule has 12 heteroatoms. The van der Waals surface area contributed by atoms with Gasteiger partial charge in [-0.15, -0.1) is 0 Å². The Morgan fingerprint density at radius 1 is 1.35 bits per heavy atom. The molecule has 10 nitrogen and oxygen atoms in total. The number of anilines is 1. The van der Waals surface area contributed by atoms with E-state index in [1.54, 1.807) is 29.0 Å². The summed E-state index contributed by atoms with van der Waals surface area (Å²) in [5.41, 5.74) is 0.946. The van der Waals surface area contributed by atoms with Crippen LogP contribution in [0.3, 0.4) is 0 Å². The Hall–Kier alpha value is -3.25. The molecular weight excluding hydrogens is 514 g/mol. The van der Waals surface area contributed by atoms with Crippen LogP contribution in [0.1, 0.15) is 44.7 Å². The molecule has 2 saturated heterocycles. The number of piperazine rings is 1. The fourth-order valence-corrected chi connectivity index (χ4v) is 5.81. The molecule has 0 radical (unpaired) electrons. The number of carbonyl (C=O) groups is 3. The Morgan fingerprint density at radius 3 is 2.81 bits per heavy atom. The Kier molecular flexibility index (Phi) is 7.98. The second kappa shape index (κ2) is 11.0. The maximum atomic E-state index is 13.8. The third-order valence-electron chi connectivity index (χ3n) is 6.46. The number of fused-ring (bicyclic) bond motifs is 1. The van der Waals surface area contributed by atoms with E-state index in [1.165, 1.54) is 10.5 Å². The topological polar surface area (TPSA) is 113 Å². The van der Waals surface area contributed by atoms with Crippen molar-refractivity contribution in [3.05, 3.63) is 44.7 Å². The molecule has 2 fully saturated rings. The van der Waals surface area contributed by atoms with Gasteiger partial charge >= 0.3 is 5.97 Å². The number of hydrogen-bond donors (Lipinski definition) is 1. The van der Waals surface area contributed by atoms with Crippen LogP contribution in [0.25, 0.3) is 11.7 Å². The standard InChI is InChI=1S/C25H29N5O5S2/c1-5-15(4)30-24(34)18(37-25(30)36)12-16-21(27-20-14(3)8-7-10-29(20)23(16)33)28-11-9-26-22(32)17(28)13-19(31)35-6-2/h7-8,10,12,15,17H,5-6,9,11,13H2,1-4H3,(H,26,32)/b18-12+. The van der Waals surface area contributed by atoms with Crippen molar-refractivity contribution in [3.8, 4) is 0 Å². The van der Waals surface area contributed by atoms with Gasteiger partial charge in [-0.2, -0.15) is 0 Å². The molecule has 37 heavy (non-hydrogen) atoms. The second-order valence-electron chi connectivity index (χ2n) is 8.86. The van der Waals surface area contributed by atoms with Crippen molar-refractivity contribution in [1.29, 1.82) is 0 Å².